The van der Waals surface area contributed by atoms with Crippen molar-refractivity contribution in [2.24, 2.45) is 0 Å². The number of benzene rings is 2. The minimum absolute atomic E-state index is 0.330. The number of anilines is 1. The smallest absolute Gasteiger partial charge is 0.141 e. The first-order valence-electron chi connectivity index (χ1n) is 7.38. The van der Waals surface area contributed by atoms with E-state index in [1.165, 1.54) is 17.5 Å². The quantitative estimate of drug-likeness (QED) is 0.912. The molecule has 0 radical (unpaired) electrons. The first-order valence-corrected chi connectivity index (χ1v) is 7.38. The molecule has 1 unspecified atom stereocenters. The number of para-hydroxylation sites is 2. The molecule has 0 aliphatic heterocycles. The fourth-order valence-corrected chi connectivity index (χ4v) is 3.02. The van der Waals surface area contributed by atoms with E-state index < -0.39 is 0 Å². The molecule has 0 saturated heterocycles. The van der Waals surface area contributed by atoms with Gasteiger partial charge in [0.1, 0.15) is 11.5 Å². The average Bonchev–Trinajstić information content (AvgIpc) is 2.55. The van der Waals surface area contributed by atoms with E-state index in [-0.39, 0.29) is 0 Å². The molecule has 21 heavy (non-hydrogen) atoms. The van der Waals surface area contributed by atoms with Crippen molar-refractivity contribution in [1.82, 2.24) is 0 Å². The molecule has 0 bridgehead atoms. The van der Waals surface area contributed by atoms with Crippen LogP contribution in [-0.4, -0.2) is 14.2 Å². The lowest BCUT2D eigenvalue weighted by Gasteiger charge is -2.28. The molecule has 3 nitrogen and oxygen atoms in total. The van der Waals surface area contributed by atoms with Gasteiger partial charge in [0.2, 0.25) is 0 Å². The summed E-state index contributed by atoms with van der Waals surface area (Å²) in [5.41, 5.74) is 3.80. The van der Waals surface area contributed by atoms with Crippen molar-refractivity contribution in [3.8, 4) is 11.5 Å². The highest BCUT2D eigenvalue weighted by molar-refractivity contribution is 5.58. The summed E-state index contributed by atoms with van der Waals surface area (Å²) in [4.78, 5) is 0. The average molecular weight is 283 g/mol. The van der Waals surface area contributed by atoms with Crippen LogP contribution >= 0.6 is 0 Å². The van der Waals surface area contributed by atoms with E-state index in [1.54, 1.807) is 14.2 Å². The van der Waals surface area contributed by atoms with Gasteiger partial charge in [0.05, 0.1) is 25.9 Å². The van der Waals surface area contributed by atoms with Crippen LogP contribution in [0.25, 0.3) is 0 Å². The second-order valence-electron chi connectivity index (χ2n) is 5.35. The van der Waals surface area contributed by atoms with E-state index >= 15 is 0 Å². The van der Waals surface area contributed by atoms with Gasteiger partial charge in [-0.15, -0.1) is 0 Å². The molecule has 3 rings (SSSR count). The molecule has 110 valence electrons. The zero-order valence-corrected chi connectivity index (χ0v) is 12.6. The second kappa shape index (κ2) is 6.08. The molecule has 0 fully saturated rings. The number of hydrogen-bond acceptors (Lipinski definition) is 3. The van der Waals surface area contributed by atoms with Crippen LogP contribution in [-0.2, 0) is 6.42 Å². The predicted molar refractivity (Wildman–Crippen MR) is 85.3 cm³/mol. The van der Waals surface area contributed by atoms with E-state index in [9.17, 15) is 0 Å². The Balaban J connectivity index is 1.88. The molecule has 0 saturated carbocycles. The van der Waals surface area contributed by atoms with Gasteiger partial charge in [-0.1, -0.05) is 18.2 Å². The van der Waals surface area contributed by atoms with Crippen LogP contribution in [0.3, 0.4) is 0 Å². The van der Waals surface area contributed by atoms with Crippen molar-refractivity contribution in [1.29, 1.82) is 0 Å². The molecular formula is C18H21NO2. The number of ether oxygens (including phenoxy) is 2. The minimum atomic E-state index is 0.330. The van der Waals surface area contributed by atoms with Gasteiger partial charge < -0.3 is 14.8 Å². The molecule has 0 heterocycles. The molecule has 0 aromatic heterocycles. The van der Waals surface area contributed by atoms with Crippen LogP contribution in [0.15, 0.2) is 42.5 Å². The monoisotopic (exact) mass is 283 g/mol. The van der Waals surface area contributed by atoms with Crippen LogP contribution in [0.4, 0.5) is 5.69 Å². The molecule has 0 amide bonds. The first kappa shape index (κ1) is 13.8. The molecule has 3 heteroatoms. The molecule has 0 spiro atoms. The fourth-order valence-electron chi connectivity index (χ4n) is 3.02. The van der Waals surface area contributed by atoms with Crippen molar-refractivity contribution >= 4 is 5.69 Å². The molecule has 2 aromatic carbocycles. The topological polar surface area (TPSA) is 30.5 Å². The maximum absolute atomic E-state index is 5.43. The molecule has 2 aromatic rings. The fraction of sp³-hybridized carbons (Fsp3) is 0.333. The van der Waals surface area contributed by atoms with E-state index in [2.05, 4.69) is 23.5 Å². The van der Waals surface area contributed by atoms with E-state index in [0.29, 0.717) is 6.04 Å². The van der Waals surface area contributed by atoms with E-state index in [1.807, 2.05) is 24.3 Å². The van der Waals surface area contributed by atoms with Crippen LogP contribution < -0.4 is 14.8 Å². The summed E-state index contributed by atoms with van der Waals surface area (Å²) in [6.07, 6.45) is 3.45. The third-order valence-corrected chi connectivity index (χ3v) is 4.10. The lowest BCUT2D eigenvalue weighted by atomic mass is 9.87. The lowest BCUT2D eigenvalue weighted by molar-refractivity contribution is 0.412. The van der Waals surface area contributed by atoms with Crippen molar-refractivity contribution in [3.63, 3.8) is 0 Å². The van der Waals surface area contributed by atoms with Crippen molar-refractivity contribution < 1.29 is 9.47 Å². The first-order chi connectivity index (χ1) is 10.3. The summed E-state index contributed by atoms with van der Waals surface area (Å²) < 4.78 is 10.8. The molecule has 1 atom stereocenters. The number of rotatable bonds is 4. The number of aryl methyl sites for hydroxylation is 1. The maximum atomic E-state index is 5.43. The van der Waals surface area contributed by atoms with E-state index in [0.717, 1.165) is 30.0 Å². The molecule has 1 aliphatic carbocycles. The Morgan fingerprint density at radius 1 is 1.05 bits per heavy atom. The lowest BCUT2D eigenvalue weighted by Crippen LogP contribution is -2.17. The Bertz CT molecular complexity index is 624. The summed E-state index contributed by atoms with van der Waals surface area (Å²) >= 11 is 0. The second-order valence-corrected chi connectivity index (χ2v) is 5.35. The Morgan fingerprint density at radius 2 is 1.90 bits per heavy atom. The van der Waals surface area contributed by atoms with Gasteiger partial charge in [-0.25, -0.2) is 0 Å². The normalized spacial score (nSPS) is 17.0. The van der Waals surface area contributed by atoms with Gasteiger partial charge in [-0.3, -0.25) is 0 Å². The summed E-state index contributed by atoms with van der Waals surface area (Å²) in [6, 6.07) is 14.8. The summed E-state index contributed by atoms with van der Waals surface area (Å²) in [7, 11) is 3.43. The van der Waals surface area contributed by atoms with Crippen molar-refractivity contribution in [2.75, 3.05) is 19.5 Å². The largest absolute Gasteiger partial charge is 0.497 e. The number of methoxy groups -OCH3 is 2. The van der Waals surface area contributed by atoms with Gasteiger partial charge in [0.25, 0.3) is 0 Å². The van der Waals surface area contributed by atoms with Gasteiger partial charge in [0, 0.05) is 0 Å². The Hall–Kier alpha value is -2.16. The zero-order valence-electron chi connectivity index (χ0n) is 12.6. The highest BCUT2D eigenvalue weighted by Crippen LogP contribution is 2.36. The maximum Gasteiger partial charge on any atom is 0.141 e. The molecule has 1 aliphatic rings. The van der Waals surface area contributed by atoms with Gasteiger partial charge in [-0.05, 0) is 54.7 Å². The predicted octanol–water partition coefficient (Wildman–Crippen LogP) is 4.19. The summed E-state index contributed by atoms with van der Waals surface area (Å²) in [5, 5.41) is 3.63. The van der Waals surface area contributed by atoms with Crippen LogP contribution in [0, 0.1) is 0 Å². The third-order valence-electron chi connectivity index (χ3n) is 4.10. The van der Waals surface area contributed by atoms with Gasteiger partial charge in [0.15, 0.2) is 0 Å². The van der Waals surface area contributed by atoms with Gasteiger partial charge in [-0.2, -0.15) is 0 Å². The summed E-state index contributed by atoms with van der Waals surface area (Å²) in [6.45, 7) is 0. The molecular weight excluding hydrogens is 262 g/mol. The standard InChI is InChI=1S/C18H21NO2/c1-20-14-10-11-15-13(12-14)6-5-8-16(15)19-17-7-3-4-9-18(17)21-2/h3-4,7,9-12,16,19H,5-6,8H2,1-2H3. The number of nitrogens with one attached hydrogen (secondary N) is 1. The van der Waals surface area contributed by atoms with Crippen LogP contribution in [0.5, 0.6) is 11.5 Å². The van der Waals surface area contributed by atoms with E-state index in [4.69, 9.17) is 9.47 Å². The van der Waals surface area contributed by atoms with Crippen molar-refractivity contribution in [3.05, 3.63) is 53.6 Å². The Morgan fingerprint density at radius 3 is 2.71 bits per heavy atom. The summed E-state index contributed by atoms with van der Waals surface area (Å²) in [5.74, 6) is 1.82. The number of hydrogen-bond donors (Lipinski definition) is 1. The Kier molecular flexibility index (Phi) is 4.00. The highest BCUT2D eigenvalue weighted by atomic mass is 16.5. The van der Waals surface area contributed by atoms with Crippen LogP contribution in [0.1, 0.15) is 30.0 Å². The van der Waals surface area contributed by atoms with Crippen LogP contribution in [0.2, 0.25) is 0 Å². The van der Waals surface area contributed by atoms with Gasteiger partial charge >= 0.3 is 0 Å². The minimum Gasteiger partial charge on any atom is -0.497 e. The third kappa shape index (κ3) is 2.82. The number of fused-ring (bicyclic) bond motifs is 1. The van der Waals surface area contributed by atoms with Crippen molar-refractivity contribution in [2.45, 2.75) is 25.3 Å². The highest BCUT2D eigenvalue weighted by Gasteiger charge is 2.21. The zero-order chi connectivity index (χ0) is 14.7. The Labute approximate surface area is 125 Å². The molecule has 1 N–H and O–H groups in total. The SMILES string of the molecule is COc1ccc2c(c1)CCCC2Nc1ccccc1OC.